The van der Waals surface area contributed by atoms with Gasteiger partial charge in [0.1, 0.15) is 6.26 Å². The van der Waals surface area contributed by atoms with E-state index in [2.05, 4.69) is 10.2 Å². The Bertz CT molecular complexity index is 418. The van der Waals surface area contributed by atoms with Crippen molar-refractivity contribution in [3.05, 3.63) is 24.2 Å². The lowest BCUT2D eigenvalue weighted by atomic mass is 9.99. The number of amides is 1. The highest BCUT2D eigenvalue weighted by Crippen LogP contribution is 2.20. The van der Waals surface area contributed by atoms with E-state index >= 15 is 0 Å². The van der Waals surface area contributed by atoms with E-state index in [-0.39, 0.29) is 11.9 Å². The third-order valence-corrected chi connectivity index (χ3v) is 4.36. The molecule has 2 aliphatic rings. The number of hydrogen-bond donors (Lipinski definition) is 1. The zero-order chi connectivity index (χ0) is 13.8. The van der Waals surface area contributed by atoms with Crippen molar-refractivity contribution < 1.29 is 13.9 Å². The van der Waals surface area contributed by atoms with Gasteiger partial charge in [-0.3, -0.25) is 4.79 Å². The molecule has 2 fully saturated rings. The van der Waals surface area contributed by atoms with Gasteiger partial charge in [-0.15, -0.1) is 0 Å². The fourth-order valence-corrected chi connectivity index (χ4v) is 3.12. The first-order valence-electron chi connectivity index (χ1n) is 7.48. The SMILES string of the molecule is O=C(NC1CCN(C2CCOCC2)CC1)c1ccoc1. The van der Waals surface area contributed by atoms with E-state index in [1.807, 2.05) is 0 Å². The molecule has 0 atom stereocenters. The normalized spacial score (nSPS) is 22.8. The fourth-order valence-electron chi connectivity index (χ4n) is 3.12. The van der Waals surface area contributed by atoms with Crippen LogP contribution in [0.2, 0.25) is 0 Å². The molecule has 2 aliphatic heterocycles. The summed E-state index contributed by atoms with van der Waals surface area (Å²) in [6.07, 6.45) is 7.37. The van der Waals surface area contributed by atoms with E-state index in [9.17, 15) is 4.79 Å². The van der Waals surface area contributed by atoms with Crippen molar-refractivity contribution in [1.82, 2.24) is 10.2 Å². The maximum absolute atomic E-state index is 12.0. The van der Waals surface area contributed by atoms with Crippen molar-refractivity contribution in [3.8, 4) is 0 Å². The molecule has 0 aliphatic carbocycles. The van der Waals surface area contributed by atoms with Gasteiger partial charge in [-0.2, -0.15) is 0 Å². The van der Waals surface area contributed by atoms with Gasteiger partial charge < -0.3 is 19.4 Å². The summed E-state index contributed by atoms with van der Waals surface area (Å²) in [5, 5.41) is 3.09. The van der Waals surface area contributed by atoms with Gasteiger partial charge in [-0.1, -0.05) is 0 Å². The molecule has 20 heavy (non-hydrogen) atoms. The lowest BCUT2D eigenvalue weighted by molar-refractivity contribution is 0.0238. The van der Waals surface area contributed by atoms with Gasteiger partial charge >= 0.3 is 0 Å². The molecular formula is C15H22N2O3. The first kappa shape index (κ1) is 13.6. The molecule has 1 N–H and O–H groups in total. The number of hydrogen-bond acceptors (Lipinski definition) is 4. The molecule has 5 heteroatoms. The molecule has 0 saturated carbocycles. The molecule has 1 aromatic rings. The highest BCUT2D eigenvalue weighted by molar-refractivity contribution is 5.93. The number of rotatable bonds is 3. The van der Waals surface area contributed by atoms with E-state index in [0.717, 1.165) is 52.0 Å². The largest absolute Gasteiger partial charge is 0.472 e. The van der Waals surface area contributed by atoms with E-state index in [0.29, 0.717) is 11.6 Å². The zero-order valence-electron chi connectivity index (χ0n) is 11.7. The van der Waals surface area contributed by atoms with Gasteiger partial charge in [-0.25, -0.2) is 0 Å². The molecular weight excluding hydrogens is 256 g/mol. The number of ether oxygens (including phenoxy) is 1. The maximum atomic E-state index is 12.0. The van der Waals surface area contributed by atoms with Crippen LogP contribution in [0.1, 0.15) is 36.0 Å². The van der Waals surface area contributed by atoms with Crippen molar-refractivity contribution in [2.24, 2.45) is 0 Å². The molecule has 0 aromatic carbocycles. The van der Waals surface area contributed by atoms with Gasteiger partial charge in [0.2, 0.25) is 0 Å². The molecule has 3 rings (SSSR count). The van der Waals surface area contributed by atoms with Crippen LogP contribution in [-0.2, 0) is 4.74 Å². The molecule has 3 heterocycles. The van der Waals surface area contributed by atoms with Crippen LogP contribution in [-0.4, -0.2) is 49.2 Å². The van der Waals surface area contributed by atoms with Gasteiger partial charge in [0, 0.05) is 38.4 Å². The molecule has 5 nitrogen and oxygen atoms in total. The Morgan fingerprint density at radius 3 is 2.60 bits per heavy atom. The summed E-state index contributed by atoms with van der Waals surface area (Å²) in [6.45, 7) is 3.92. The lowest BCUT2D eigenvalue weighted by Crippen LogP contribution is -2.49. The van der Waals surface area contributed by atoms with Crippen LogP contribution in [0.5, 0.6) is 0 Å². The second kappa shape index (κ2) is 6.41. The highest BCUT2D eigenvalue weighted by Gasteiger charge is 2.27. The number of likely N-dealkylation sites (tertiary alicyclic amines) is 1. The summed E-state index contributed by atoms with van der Waals surface area (Å²) in [4.78, 5) is 14.5. The Balaban J connectivity index is 1.45. The van der Waals surface area contributed by atoms with E-state index in [1.165, 1.54) is 12.5 Å². The summed E-state index contributed by atoms with van der Waals surface area (Å²) in [5.74, 6) is -0.0248. The molecule has 110 valence electrons. The Labute approximate surface area is 119 Å². The summed E-state index contributed by atoms with van der Waals surface area (Å²) in [7, 11) is 0. The number of nitrogens with zero attached hydrogens (tertiary/aromatic N) is 1. The highest BCUT2D eigenvalue weighted by atomic mass is 16.5. The molecule has 0 bridgehead atoms. The predicted molar refractivity (Wildman–Crippen MR) is 74.6 cm³/mol. The smallest absolute Gasteiger partial charge is 0.254 e. The molecule has 2 saturated heterocycles. The summed E-state index contributed by atoms with van der Waals surface area (Å²) < 4.78 is 10.4. The van der Waals surface area contributed by atoms with Gasteiger partial charge in [0.25, 0.3) is 5.91 Å². The Hall–Kier alpha value is -1.33. The average molecular weight is 278 g/mol. The number of carbonyl (C=O) groups is 1. The summed E-state index contributed by atoms with van der Waals surface area (Å²) in [6, 6.07) is 2.66. The average Bonchev–Trinajstić information content (AvgIpc) is 3.03. The van der Waals surface area contributed by atoms with Crippen LogP contribution < -0.4 is 5.32 Å². The third kappa shape index (κ3) is 3.22. The van der Waals surface area contributed by atoms with Crippen molar-refractivity contribution in [3.63, 3.8) is 0 Å². The molecule has 0 radical (unpaired) electrons. The number of nitrogens with one attached hydrogen (secondary N) is 1. The molecule has 0 unspecified atom stereocenters. The second-order valence-electron chi connectivity index (χ2n) is 5.64. The van der Waals surface area contributed by atoms with Crippen LogP contribution in [0.3, 0.4) is 0 Å². The maximum Gasteiger partial charge on any atom is 0.254 e. The minimum atomic E-state index is -0.0248. The second-order valence-corrected chi connectivity index (χ2v) is 5.64. The number of furan rings is 1. The monoisotopic (exact) mass is 278 g/mol. The minimum absolute atomic E-state index is 0.0248. The van der Waals surface area contributed by atoms with Crippen molar-refractivity contribution in [2.45, 2.75) is 37.8 Å². The lowest BCUT2D eigenvalue weighted by Gasteiger charge is -2.39. The molecule has 1 aromatic heterocycles. The van der Waals surface area contributed by atoms with Gasteiger partial charge in [0.15, 0.2) is 0 Å². The van der Waals surface area contributed by atoms with Crippen molar-refractivity contribution in [1.29, 1.82) is 0 Å². The van der Waals surface area contributed by atoms with E-state index in [4.69, 9.17) is 9.15 Å². The fraction of sp³-hybridized carbons (Fsp3) is 0.667. The Morgan fingerprint density at radius 2 is 1.95 bits per heavy atom. The quantitative estimate of drug-likeness (QED) is 0.913. The van der Waals surface area contributed by atoms with Crippen LogP contribution >= 0.6 is 0 Å². The van der Waals surface area contributed by atoms with Crippen LogP contribution in [0.25, 0.3) is 0 Å². The number of carbonyl (C=O) groups excluding carboxylic acids is 1. The van der Waals surface area contributed by atoms with E-state index < -0.39 is 0 Å². The van der Waals surface area contributed by atoms with Gasteiger partial charge in [0.05, 0.1) is 11.8 Å². The number of piperidine rings is 1. The van der Waals surface area contributed by atoms with Crippen LogP contribution in [0.4, 0.5) is 0 Å². The van der Waals surface area contributed by atoms with Crippen LogP contribution in [0.15, 0.2) is 23.0 Å². The van der Waals surface area contributed by atoms with Crippen LogP contribution in [0, 0.1) is 0 Å². The topological polar surface area (TPSA) is 54.7 Å². The van der Waals surface area contributed by atoms with E-state index in [1.54, 1.807) is 6.07 Å². The van der Waals surface area contributed by atoms with Crippen molar-refractivity contribution in [2.75, 3.05) is 26.3 Å². The Kier molecular flexibility index (Phi) is 4.38. The molecule has 1 amide bonds. The summed E-state index contributed by atoms with van der Waals surface area (Å²) >= 11 is 0. The van der Waals surface area contributed by atoms with Gasteiger partial charge in [-0.05, 0) is 31.7 Å². The first-order valence-corrected chi connectivity index (χ1v) is 7.48. The minimum Gasteiger partial charge on any atom is -0.472 e. The zero-order valence-corrected chi connectivity index (χ0v) is 11.7. The van der Waals surface area contributed by atoms with Crippen molar-refractivity contribution >= 4 is 5.91 Å². The molecule has 0 spiro atoms. The standard InChI is InChI=1S/C15H22N2O3/c18-15(12-3-8-20-11-12)16-13-1-6-17(7-2-13)14-4-9-19-10-5-14/h3,8,11,13-14H,1-2,4-7,9-10H2,(H,16,18). The summed E-state index contributed by atoms with van der Waals surface area (Å²) in [5.41, 5.74) is 0.608. The predicted octanol–water partition coefficient (Wildman–Crippen LogP) is 1.65. The third-order valence-electron chi connectivity index (χ3n) is 4.36. The first-order chi connectivity index (χ1) is 9.83. The Morgan fingerprint density at radius 1 is 1.20 bits per heavy atom.